The van der Waals surface area contributed by atoms with Gasteiger partial charge in [0.25, 0.3) is 0 Å². The molecule has 1 heterocycles. The third kappa shape index (κ3) is 4.05. The standard InChI is InChI=1S/C10H18O5Si/c1-3-10(11)12-6-5-9-16(13-4-2)14-7-8-15-16/h3H,1,4-9H2,2H3. The number of ether oxygens (including phenoxy) is 1. The third-order valence-electron chi connectivity index (χ3n) is 2.13. The SMILES string of the molecule is C=CC(=O)OCCC[Si]1(OCC)OCCO1. The molecule has 0 aromatic carbocycles. The lowest BCUT2D eigenvalue weighted by Gasteiger charge is -2.21. The van der Waals surface area contributed by atoms with Gasteiger partial charge in [0.05, 0.1) is 19.8 Å². The fourth-order valence-corrected chi connectivity index (χ4v) is 3.96. The van der Waals surface area contributed by atoms with Crippen LogP contribution in [0.25, 0.3) is 0 Å². The largest absolute Gasteiger partial charge is 0.501 e. The van der Waals surface area contributed by atoms with Crippen LogP contribution in [-0.2, 0) is 22.8 Å². The Balaban J connectivity index is 2.22. The Hall–Kier alpha value is -0.693. The summed E-state index contributed by atoms with van der Waals surface area (Å²) in [6.07, 6.45) is 1.84. The van der Waals surface area contributed by atoms with Crippen LogP contribution < -0.4 is 0 Å². The van der Waals surface area contributed by atoms with Gasteiger partial charge >= 0.3 is 14.8 Å². The smallest absolute Gasteiger partial charge is 0.463 e. The van der Waals surface area contributed by atoms with E-state index in [-0.39, 0.29) is 0 Å². The minimum atomic E-state index is -2.43. The molecule has 1 aliphatic heterocycles. The van der Waals surface area contributed by atoms with E-state index >= 15 is 0 Å². The molecule has 0 bridgehead atoms. The van der Waals surface area contributed by atoms with E-state index in [0.29, 0.717) is 38.9 Å². The van der Waals surface area contributed by atoms with Crippen molar-refractivity contribution in [3.8, 4) is 0 Å². The molecule has 1 saturated heterocycles. The number of carbonyl (C=O) groups is 1. The van der Waals surface area contributed by atoms with E-state index in [2.05, 4.69) is 6.58 Å². The minimum Gasteiger partial charge on any atom is -0.463 e. The van der Waals surface area contributed by atoms with E-state index in [9.17, 15) is 4.79 Å². The molecule has 92 valence electrons. The first-order valence-corrected chi connectivity index (χ1v) is 7.36. The highest BCUT2D eigenvalue weighted by Crippen LogP contribution is 2.22. The molecular weight excluding hydrogens is 228 g/mol. The van der Waals surface area contributed by atoms with Crippen LogP contribution in [0.4, 0.5) is 0 Å². The molecule has 1 rings (SSSR count). The molecule has 5 nitrogen and oxygen atoms in total. The Morgan fingerprint density at radius 1 is 1.50 bits per heavy atom. The maximum absolute atomic E-state index is 10.8. The summed E-state index contributed by atoms with van der Waals surface area (Å²) < 4.78 is 21.5. The topological polar surface area (TPSA) is 54.0 Å². The van der Waals surface area contributed by atoms with Gasteiger partial charge in [-0.3, -0.25) is 0 Å². The van der Waals surface area contributed by atoms with E-state index < -0.39 is 14.8 Å². The van der Waals surface area contributed by atoms with Gasteiger partial charge in [-0.15, -0.1) is 0 Å². The predicted molar refractivity (Wildman–Crippen MR) is 59.9 cm³/mol. The Labute approximate surface area is 96.7 Å². The van der Waals surface area contributed by atoms with Crippen LogP contribution in [0.15, 0.2) is 12.7 Å². The fourth-order valence-electron chi connectivity index (χ4n) is 1.48. The summed E-state index contributed by atoms with van der Waals surface area (Å²) in [5.41, 5.74) is 0. The van der Waals surface area contributed by atoms with E-state index in [1.165, 1.54) is 0 Å². The summed E-state index contributed by atoms with van der Waals surface area (Å²) in [6, 6.07) is 0.686. The maximum atomic E-state index is 10.8. The molecule has 1 fully saturated rings. The van der Waals surface area contributed by atoms with Crippen LogP contribution in [0.3, 0.4) is 0 Å². The predicted octanol–water partition coefficient (Wildman–Crippen LogP) is 1.13. The van der Waals surface area contributed by atoms with Crippen LogP contribution in [0, 0.1) is 0 Å². The number of rotatable bonds is 7. The zero-order valence-electron chi connectivity index (χ0n) is 9.57. The summed E-state index contributed by atoms with van der Waals surface area (Å²) in [6.45, 7) is 7.35. The van der Waals surface area contributed by atoms with Gasteiger partial charge in [0.15, 0.2) is 0 Å². The fraction of sp³-hybridized carbons (Fsp3) is 0.700. The van der Waals surface area contributed by atoms with Crippen molar-refractivity contribution in [2.75, 3.05) is 26.4 Å². The number of hydrogen-bond acceptors (Lipinski definition) is 5. The van der Waals surface area contributed by atoms with Crippen LogP contribution in [0.5, 0.6) is 0 Å². The van der Waals surface area contributed by atoms with E-state index in [0.717, 1.165) is 6.08 Å². The lowest BCUT2D eigenvalue weighted by Crippen LogP contribution is -2.40. The van der Waals surface area contributed by atoms with Crippen LogP contribution in [0.1, 0.15) is 13.3 Å². The van der Waals surface area contributed by atoms with Crippen molar-refractivity contribution in [2.24, 2.45) is 0 Å². The molecule has 0 saturated carbocycles. The van der Waals surface area contributed by atoms with Gasteiger partial charge in [-0.1, -0.05) is 6.58 Å². The van der Waals surface area contributed by atoms with Crippen LogP contribution in [-0.4, -0.2) is 41.2 Å². The van der Waals surface area contributed by atoms with Crippen molar-refractivity contribution in [1.29, 1.82) is 0 Å². The number of esters is 1. The summed E-state index contributed by atoms with van der Waals surface area (Å²) in [5.74, 6) is -0.402. The average molecular weight is 246 g/mol. The zero-order valence-corrected chi connectivity index (χ0v) is 10.6. The molecule has 0 spiro atoms. The highest BCUT2D eigenvalue weighted by Gasteiger charge is 2.44. The van der Waals surface area contributed by atoms with Gasteiger partial charge in [-0.05, 0) is 13.3 Å². The van der Waals surface area contributed by atoms with E-state index in [1.54, 1.807) is 0 Å². The molecule has 6 heteroatoms. The highest BCUT2D eigenvalue weighted by molar-refractivity contribution is 6.61. The minimum absolute atomic E-state index is 0.347. The molecule has 0 radical (unpaired) electrons. The van der Waals surface area contributed by atoms with Crippen molar-refractivity contribution >= 4 is 14.8 Å². The van der Waals surface area contributed by atoms with E-state index in [1.807, 2.05) is 6.92 Å². The monoisotopic (exact) mass is 246 g/mol. The Morgan fingerprint density at radius 3 is 2.75 bits per heavy atom. The molecule has 0 amide bonds. The van der Waals surface area contributed by atoms with Crippen LogP contribution >= 0.6 is 0 Å². The maximum Gasteiger partial charge on any atom is 0.501 e. The van der Waals surface area contributed by atoms with Gasteiger partial charge in [-0.25, -0.2) is 4.79 Å². The first-order chi connectivity index (χ1) is 7.72. The molecular formula is C10H18O5Si. The molecule has 1 aliphatic rings. The van der Waals surface area contributed by atoms with Crippen molar-refractivity contribution in [1.82, 2.24) is 0 Å². The second-order valence-corrected chi connectivity index (χ2v) is 6.02. The van der Waals surface area contributed by atoms with Crippen molar-refractivity contribution < 1.29 is 22.8 Å². The number of hydrogen-bond donors (Lipinski definition) is 0. The van der Waals surface area contributed by atoms with Crippen molar-refractivity contribution in [3.05, 3.63) is 12.7 Å². The molecule has 0 atom stereocenters. The second-order valence-electron chi connectivity index (χ2n) is 3.29. The van der Waals surface area contributed by atoms with Gasteiger partial charge < -0.3 is 18.0 Å². The molecule has 0 aromatic rings. The highest BCUT2D eigenvalue weighted by atomic mass is 28.4. The molecule has 0 aromatic heterocycles. The van der Waals surface area contributed by atoms with Crippen molar-refractivity contribution in [3.63, 3.8) is 0 Å². The summed E-state index contributed by atoms with van der Waals surface area (Å²) in [4.78, 5) is 10.8. The summed E-state index contributed by atoms with van der Waals surface area (Å²) in [7, 11) is -2.43. The van der Waals surface area contributed by atoms with Gasteiger partial charge in [0.1, 0.15) is 0 Å². The van der Waals surface area contributed by atoms with E-state index in [4.69, 9.17) is 18.0 Å². The summed E-state index contributed by atoms with van der Waals surface area (Å²) >= 11 is 0. The van der Waals surface area contributed by atoms with Gasteiger partial charge in [0.2, 0.25) is 0 Å². The first-order valence-electron chi connectivity index (χ1n) is 5.43. The third-order valence-corrected chi connectivity index (χ3v) is 5.11. The second kappa shape index (κ2) is 6.80. The van der Waals surface area contributed by atoms with Gasteiger partial charge in [-0.2, -0.15) is 0 Å². The average Bonchev–Trinajstić information content (AvgIpc) is 2.74. The first kappa shape index (κ1) is 13.4. The molecule has 0 N–H and O–H groups in total. The van der Waals surface area contributed by atoms with Crippen LogP contribution in [0.2, 0.25) is 6.04 Å². The molecule has 16 heavy (non-hydrogen) atoms. The molecule has 0 aliphatic carbocycles. The van der Waals surface area contributed by atoms with Gasteiger partial charge in [0, 0.05) is 18.7 Å². The Bertz CT molecular complexity index is 237. The summed E-state index contributed by atoms with van der Waals surface area (Å²) in [5, 5.41) is 0. The van der Waals surface area contributed by atoms with Crippen molar-refractivity contribution in [2.45, 2.75) is 19.4 Å². The quantitative estimate of drug-likeness (QED) is 0.292. The molecule has 0 unspecified atom stereocenters. The number of carbonyl (C=O) groups excluding carboxylic acids is 1. The normalized spacial score (nSPS) is 18.3. The zero-order chi connectivity index (χ0) is 11.9. The lowest BCUT2D eigenvalue weighted by atomic mass is 10.5. The lowest BCUT2D eigenvalue weighted by molar-refractivity contribution is -0.137. The Kier molecular flexibility index (Phi) is 5.68. The Morgan fingerprint density at radius 2 is 2.19 bits per heavy atom.